The number of thiophene rings is 1. The van der Waals surface area contributed by atoms with Crippen molar-refractivity contribution >= 4 is 28.1 Å². The van der Waals surface area contributed by atoms with Crippen molar-refractivity contribution in [3.05, 3.63) is 65.2 Å². The summed E-state index contributed by atoms with van der Waals surface area (Å²) in [5.41, 5.74) is 10.2. The number of rotatable bonds is 9. The van der Waals surface area contributed by atoms with Crippen LogP contribution in [0, 0.1) is 5.92 Å². The summed E-state index contributed by atoms with van der Waals surface area (Å²) in [5, 5.41) is 9.34. The standard InChI is InChI=1S/C26H32N4OS/c27-24-16-22(10-13-29-24)23-17-26(32-18-23)30-25(31)15-21-7-3-6-20(14-21)5-2-1-4-19-8-11-28-12-9-19/h3,6-7,10,13-14,16-19,28H,1-2,4-5,8-9,11-12,15H2,(H2,27,29)(H,30,31). The molecule has 2 aromatic heterocycles. The summed E-state index contributed by atoms with van der Waals surface area (Å²) in [4.78, 5) is 16.6. The van der Waals surface area contributed by atoms with Gasteiger partial charge in [-0.05, 0) is 85.1 Å². The van der Waals surface area contributed by atoms with Crippen LogP contribution in [0.1, 0.15) is 43.2 Å². The van der Waals surface area contributed by atoms with Gasteiger partial charge in [0.25, 0.3) is 0 Å². The monoisotopic (exact) mass is 448 g/mol. The number of carbonyl (C=O) groups is 1. The number of hydrogen-bond donors (Lipinski definition) is 3. The molecule has 0 aliphatic carbocycles. The van der Waals surface area contributed by atoms with Gasteiger partial charge in [0.2, 0.25) is 5.91 Å². The van der Waals surface area contributed by atoms with Crippen molar-refractivity contribution in [3.8, 4) is 11.1 Å². The highest BCUT2D eigenvalue weighted by Crippen LogP contribution is 2.29. The maximum absolute atomic E-state index is 12.6. The molecule has 0 bridgehead atoms. The number of aryl methyl sites for hydroxylation is 1. The zero-order valence-corrected chi connectivity index (χ0v) is 19.3. The third kappa shape index (κ3) is 6.65. The predicted octanol–water partition coefficient (Wildman–Crippen LogP) is 5.29. The Labute approximate surface area is 194 Å². The first-order chi connectivity index (χ1) is 15.7. The van der Waals surface area contributed by atoms with Gasteiger partial charge in [0.15, 0.2) is 0 Å². The number of aromatic nitrogens is 1. The Morgan fingerprint density at radius 2 is 1.94 bits per heavy atom. The van der Waals surface area contributed by atoms with E-state index in [0.717, 1.165) is 34.0 Å². The number of unbranched alkanes of at least 4 members (excludes halogenated alkanes) is 1. The molecule has 5 nitrogen and oxygen atoms in total. The fourth-order valence-corrected chi connectivity index (χ4v) is 5.20. The lowest BCUT2D eigenvalue weighted by Crippen LogP contribution is -2.27. The zero-order valence-electron chi connectivity index (χ0n) is 18.5. The molecule has 1 saturated heterocycles. The molecule has 1 aliphatic heterocycles. The van der Waals surface area contributed by atoms with Gasteiger partial charge >= 0.3 is 0 Å². The largest absolute Gasteiger partial charge is 0.384 e. The highest BCUT2D eigenvalue weighted by atomic mass is 32.1. The minimum Gasteiger partial charge on any atom is -0.384 e. The van der Waals surface area contributed by atoms with E-state index in [1.54, 1.807) is 6.20 Å². The average molecular weight is 449 g/mol. The van der Waals surface area contributed by atoms with Crippen LogP contribution in [0.15, 0.2) is 54.0 Å². The molecule has 0 unspecified atom stereocenters. The van der Waals surface area contributed by atoms with E-state index in [2.05, 4.69) is 33.8 Å². The average Bonchev–Trinajstić information content (AvgIpc) is 3.26. The maximum atomic E-state index is 12.6. The van der Waals surface area contributed by atoms with Crippen LogP contribution in [0.2, 0.25) is 0 Å². The van der Waals surface area contributed by atoms with E-state index < -0.39 is 0 Å². The van der Waals surface area contributed by atoms with Crippen LogP contribution >= 0.6 is 11.3 Å². The molecule has 3 heterocycles. The van der Waals surface area contributed by atoms with Crippen LogP contribution in [0.4, 0.5) is 10.8 Å². The molecule has 4 N–H and O–H groups in total. The number of anilines is 2. The molecule has 1 fully saturated rings. The van der Waals surface area contributed by atoms with Gasteiger partial charge in [0.1, 0.15) is 5.82 Å². The number of nitrogens with zero attached hydrogens (tertiary/aromatic N) is 1. The summed E-state index contributed by atoms with van der Waals surface area (Å²) in [5.74, 6) is 1.40. The highest BCUT2D eigenvalue weighted by molar-refractivity contribution is 7.14. The Morgan fingerprint density at radius 1 is 1.09 bits per heavy atom. The number of benzene rings is 1. The van der Waals surface area contributed by atoms with E-state index in [1.807, 2.05) is 29.6 Å². The molecule has 0 spiro atoms. The van der Waals surface area contributed by atoms with Gasteiger partial charge in [0, 0.05) is 11.6 Å². The van der Waals surface area contributed by atoms with Crippen molar-refractivity contribution in [1.82, 2.24) is 10.3 Å². The molecule has 1 amide bonds. The molecule has 1 aliphatic rings. The van der Waals surface area contributed by atoms with Crippen LogP contribution < -0.4 is 16.4 Å². The van der Waals surface area contributed by atoms with Gasteiger partial charge in [-0.2, -0.15) is 0 Å². The first-order valence-electron chi connectivity index (χ1n) is 11.5. The number of nitrogens with one attached hydrogen (secondary N) is 2. The zero-order chi connectivity index (χ0) is 22.2. The molecular weight excluding hydrogens is 416 g/mol. The van der Waals surface area contributed by atoms with Gasteiger partial charge in [-0.1, -0.05) is 37.1 Å². The summed E-state index contributed by atoms with van der Waals surface area (Å²) in [6.45, 7) is 2.36. The fourth-order valence-electron chi connectivity index (χ4n) is 4.38. The maximum Gasteiger partial charge on any atom is 0.229 e. The van der Waals surface area contributed by atoms with Crippen molar-refractivity contribution < 1.29 is 4.79 Å². The van der Waals surface area contributed by atoms with Crippen LogP contribution in [-0.2, 0) is 17.6 Å². The molecule has 0 atom stereocenters. The topological polar surface area (TPSA) is 80.0 Å². The van der Waals surface area contributed by atoms with Crippen LogP contribution in [-0.4, -0.2) is 24.0 Å². The Bertz CT molecular complexity index is 1030. The molecule has 0 saturated carbocycles. The molecule has 3 aromatic rings. The second-order valence-electron chi connectivity index (χ2n) is 8.65. The number of hydrogen-bond acceptors (Lipinski definition) is 5. The summed E-state index contributed by atoms with van der Waals surface area (Å²) < 4.78 is 0. The highest BCUT2D eigenvalue weighted by Gasteiger charge is 2.12. The fraction of sp³-hybridized carbons (Fsp3) is 0.385. The lowest BCUT2D eigenvalue weighted by atomic mass is 9.91. The quantitative estimate of drug-likeness (QED) is 0.389. The lowest BCUT2D eigenvalue weighted by Gasteiger charge is -2.22. The predicted molar refractivity (Wildman–Crippen MR) is 134 cm³/mol. The summed E-state index contributed by atoms with van der Waals surface area (Å²) >= 11 is 1.52. The summed E-state index contributed by atoms with van der Waals surface area (Å²) in [6, 6.07) is 14.2. The number of carbonyl (C=O) groups excluding carboxylic acids is 1. The molecule has 1 aromatic carbocycles. The number of nitrogen functional groups attached to an aromatic ring is 1. The number of pyridine rings is 1. The Kier molecular flexibility index (Phi) is 7.91. The summed E-state index contributed by atoms with van der Waals surface area (Å²) in [6.07, 6.45) is 9.68. The van der Waals surface area contributed by atoms with Gasteiger partial charge < -0.3 is 16.4 Å². The van der Waals surface area contributed by atoms with E-state index >= 15 is 0 Å². The molecular formula is C26H32N4OS. The summed E-state index contributed by atoms with van der Waals surface area (Å²) in [7, 11) is 0. The van der Waals surface area contributed by atoms with Crippen LogP contribution in [0.5, 0.6) is 0 Å². The molecule has 32 heavy (non-hydrogen) atoms. The molecule has 4 rings (SSSR count). The number of piperidine rings is 1. The van der Waals surface area contributed by atoms with E-state index in [9.17, 15) is 4.79 Å². The van der Waals surface area contributed by atoms with Crippen LogP contribution in [0.3, 0.4) is 0 Å². The first-order valence-corrected chi connectivity index (χ1v) is 12.4. The van der Waals surface area contributed by atoms with E-state index in [-0.39, 0.29) is 5.91 Å². The SMILES string of the molecule is Nc1cc(-c2csc(NC(=O)Cc3cccc(CCCCC4CCNCC4)c3)c2)ccn1. The minimum absolute atomic E-state index is 0.00991. The van der Waals surface area contributed by atoms with E-state index in [0.29, 0.717) is 12.2 Å². The van der Waals surface area contributed by atoms with Crippen molar-refractivity contribution in [3.63, 3.8) is 0 Å². The minimum atomic E-state index is 0.00991. The van der Waals surface area contributed by atoms with Gasteiger partial charge in [0.05, 0.1) is 11.4 Å². The first kappa shape index (κ1) is 22.5. The van der Waals surface area contributed by atoms with Crippen molar-refractivity contribution in [2.75, 3.05) is 24.1 Å². The second kappa shape index (κ2) is 11.2. The molecule has 0 radical (unpaired) electrons. The number of nitrogens with two attached hydrogens (primary N) is 1. The van der Waals surface area contributed by atoms with Crippen molar-refractivity contribution in [2.45, 2.75) is 44.9 Å². The number of amides is 1. The third-order valence-corrected chi connectivity index (χ3v) is 6.96. The molecule has 6 heteroatoms. The smallest absolute Gasteiger partial charge is 0.229 e. The van der Waals surface area contributed by atoms with Crippen LogP contribution in [0.25, 0.3) is 11.1 Å². The Hall–Kier alpha value is -2.70. The van der Waals surface area contributed by atoms with Crippen molar-refractivity contribution in [2.24, 2.45) is 5.92 Å². The lowest BCUT2D eigenvalue weighted by molar-refractivity contribution is -0.115. The van der Waals surface area contributed by atoms with Gasteiger partial charge in [-0.3, -0.25) is 4.79 Å². The Balaban J connectivity index is 1.24. The van der Waals surface area contributed by atoms with Gasteiger partial charge in [-0.15, -0.1) is 11.3 Å². The molecule has 168 valence electrons. The Morgan fingerprint density at radius 3 is 2.78 bits per heavy atom. The normalized spacial score (nSPS) is 14.4. The van der Waals surface area contributed by atoms with Crippen molar-refractivity contribution in [1.29, 1.82) is 0 Å². The third-order valence-electron chi connectivity index (χ3n) is 6.12. The van der Waals surface area contributed by atoms with E-state index in [4.69, 9.17) is 5.73 Å². The van der Waals surface area contributed by atoms with E-state index in [1.165, 1.54) is 62.1 Å². The van der Waals surface area contributed by atoms with Gasteiger partial charge in [-0.25, -0.2) is 4.98 Å². The second-order valence-corrected chi connectivity index (χ2v) is 9.56.